The van der Waals surface area contributed by atoms with Gasteiger partial charge in [-0.1, -0.05) is 41.7 Å². The molecule has 0 saturated carbocycles. The van der Waals surface area contributed by atoms with E-state index >= 15 is 0 Å². The lowest BCUT2D eigenvalue weighted by molar-refractivity contribution is 0.122. The number of hydrogen-bond donors (Lipinski definition) is 0. The number of aromatic nitrogens is 1. The molecule has 114 valence electrons. The van der Waals surface area contributed by atoms with Gasteiger partial charge in [-0.2, -0.15) is 10.5 Å². The molecule has 0 radical (unpaired) electrons. The molecule has 1 aromatic heterocycles. The molecule has 3 rings (SSSR count). The predicted molar refractivity (Wildman–Crippen MR) is 89.8 cm³/mol. The molecular formula is C17H14N4OS. The van der Waals surface area contributed by atoms with Crippen LogP contribution in [0, 0.1) is 22.7 Å². The Morgan fingerprint density at radius 3 is 2.52 bits per heavy atom. The van der Waals surface area contributed by atoms with Gasteiger partial charge in [0, 0.05) is 18.7 Å². The van der Waals surface area contributed by atoms with Crippen LogP contribution in [-0.4, -0.2) is 31.3 Å². The Kier molecular flexibility index (Phi) is 4.68. The van der Waals surface area contributed by atoms with Crippen molar-refractivity contribution in [2.24, 2.45) is 0 Å². The molecule has 0 amide bonds. The summed E-state index contributed by atoms with van der Waals surface area (Å²) < 4.78 is 5.38. The number of ether oxygens (including phenoxy) is 1. The summed E-state index contributed by atoms with van der Waals surface area (Å²) in [4.78, 5) is 7.76. The van der Waals surface area contributed by atoms with Gasteiger partial charge in [0.1, 0.15) is 17.7 Å². The molecular weight excluding hydrogens is 308 g/mol. The Morgan fingerprint density at radius 2 is 1.87 bits per heavy atom. The van der Waals surface area contributed by atoms with Crippen molar-refractivity contribution in [2.45, 2.75) is 0 Å². The standard InChI is InChI=1S/C17H14N4OS/c18-11-13(12-19)10-15-16(14-4-2-1-3-5-14)20-17(23-15)21-6-8-22-9-7-21/h1-5,10H,6-9H2. The third kappa shape index (κ3) is 3.40. The molecule has 0 spiro atoms. The summed E-state index contributed by atoms with van der Waals surface area (Å²) in [6, 6.07) is 13.6. The van der Waals surface area contributed by atoms with Crippen molar-refractivity contribution in [1.29, 1.82) is 10.5 Å². The van der Waals surface area contributed by atoms with E-state index in [0.29, 0.717) is 13.2 Å². The summed E-state index contributed by atoms with van der Waals surface area (Å²) in [5.41, 5.74) is 1.86. The Morgan fingerprint density at radius 1 is 1.17 bits per heavy atom. The summed E-state index contributed by atoms with van der Waals surface area (Å²) in [7, 11) is 0. The van der Waals surface area contributed by atoms with Gasteiger partial charge in [0.25, 0.3) is 0 Å². The second-order valence-corrected chi connectivity index (χ2v) is 5.97. The number of anilines is 1. The number of nitriles is 2. The average molecular weight is 322 g/mol. The maximum atomic E-state index is 9.02. The van der Waals surface area contributed by atoms with Crippen LogP contribution in [0.2, 0.25) is 0 Å². The first-order valence-corrected chi connectivity index (χ1v) is 8.04. The van der Waals surface area contributed by atoms with E-state index in [1.54, 1.807) is 6.08 Å². The molecule has 0 N–H and O–H groups in total. The summed E-state index contributed by atoms with van der Waals surface area (Å²) in [6.07, 6.45) is 1.62. The van der Waals surface area contributed by atoms with E-state index in [9.17, 15) is 0 Å². The first-order valence-electron chi connectivity index (χ1n) is 7.22. The molecule has 6 heteroatoms. The Balaban J connectivity index is 2.05. The molecule has 0 atom stereocenters. The van der Waals surface area contributed by atoms with Crippen LogP contribution in [0.15, 0.2) is 35.9 Å². The van der Waals surface area contributed by atoms with Crippen LogP contribution in [0.25, 0.3) is 17.3 Å². The summed E-state index contributed by atoms with van der Waals surface area (Å²) >= 11 is 1.50. The smallest absolute Gasteiger partial charge is 0.186 e. The van der Waals surface area contributed by atoms with E-state index in [0.717, 1.165) is 34.4 Å². The van der Waals surface area contributed by atoms with Crippen LogP contribution in [-0.2, 0) is 4.74 Å². The number of morpholine rings is 1. The molecule has 1 saturated heterocycles. The fourth-order valence-corrected chi connectivity index (χ4v) is 3.41. The zero-order chi connectivity index (χ0) is 16.1. The van der Waals surface area contributed by atoms with Gasteiger partial charge in [-0.3, -0.25) is 0 Å². The van der Waals surface area contributed by atoms with Gasteiger partial charge in [-0.05, 0) is 6.08 Å². The Hall–Kier alpha value is -2.67. The highest BCUT2D eigenvalue weighted by Gasteiger charge is 2.19. The first kappa shape index (κ1) is 15.2. The largest absolute Gasteiger partial charge is 0.378 e. The summed E-state index contributed by atoms with van der Waals surface area (Å²) in [6.45, 7) is 2.97. The monoisotopic (exact) mass is 322 g/mol. The quantitative estimate of drug-likeness (QED) is 0.812. The average Bonchev–Trinajstić information content (AvgIpc) is 3.05. The third-order valence-corrected chi connectivity index (χ3v) is 4.55. The minimum atomic E-state index is 0.0827. The first-order chi connectivity index (χ1) is 11.3. The number of hydrogen-bond acceptors (Lipinski definition) is 6. The second kappa shape index (κ2) is 7.06. The van der Waals surface area contributed by atoms with Gasteiger partial charge in [0.05, 0.1) is 23.8 Å². The van der Waals surface area contributed by atoms with Crippen LogP contribution in [0.4, 0.5) is 5.13 Å². The topological polar surface area (TPSA) is 72.9 Å². The fraction of sp³-hybridized carbons (Fsp3) is 0.235. The summed E-state index contributed by atoms with van der Waals surface area (Å²) in [5.74, 6) is 0. The van der Waals surface area contributed by atoms with Crippen molar-refractivity contribution >= 4 is 22.5 Å². The lowest BCUT2D eigenvalue weighted by Crippen LogP contribution is -2.36. The molecule has 1 aliphatic heterocycles. The van der Waals surface area contributed by atoms with E-state index in [2.05, 4.69) is 4.90 Å². The highest BCUT2D eigenvalue weighted by molar-refractivity contribution is 7.17. The molecule has 1 fully saturated rings. The van der Waals surface area contributed by atoms with Gasteiger partial charge >= 0.3 is 0 Å². The van der Waals surface area contributed by atoms with Crippen LogP contribution in [0.1, 0.15) is 4.88 Å². The van der Waals surface area contributed by atoms with Crippen LogP contribution < -0.4 is 4.90 Å². The van der Waals surface area contributed by atoms with Gasteiger partial charge in [-0.15, -0.1) is 0 Å². The zero-order valence-corrected chi connectivity index (χ0v) is 13.2. The van der Waals surface area contributed by atoms with Crippen LogP contribution >= 0.6 is 11.3 Å². The number of rotatable bonds is 3. The molecule has 23 heavy (non-hydrogen) atoms. The van der Waals surface area contributed by atoms with E-state index in [4.69, 9.17) is 20.2 Å². The molecule has 2 aromatic rings. The van der Waals surface area contributed by atoms with Gasteiger partial charge in [0.15, 0.2) is 5.13 Å². The molecule has 0 aliphatic carbocycles. The Labute approximate surface area is 138 Å². The molecule has 0 bridgehead atoms. The minimum Gasteiger partial charge on any atom is -0.378 e. The van der Waals surface area contributed by atoms with Crippen LogP contribution in [0.3, 0.4) is 0 Å². The van der Waals surface area contributed by atoms with E-state index in [-0.39, 0.29) is 5.57 Å². The highest BCUT2D eigenvalue weighted by atomic mass is 32.1. The van der Waals surface area contributed by atoms with E-state index in [1.165, 1.54) is 11.3 Å². The zero-order valence-electron chi connectivity index (χ0n) is 12.4. The van der Waals surface area contributed by atoms with Crippen LogP contribution in [0.5, 0.6) is 0 Å². The van der Waals surface area contributed by atoms with Crippen molar-refractivity contribution in [3.63, 3.8) is 0 Å². The molecule has 1 aliphatic rings. The van der Waals surface area contributed by atoms with Gasteiger partial charge in [-0.25, -0.2) is 4.98 Å². The molecule has 0 unspecified atom stereocenters. The molecule has 1 aromatic carbocycles. The van der Waals surface area contributed by atoms with Crippen molar-refractivity contribution in [2.75, 3.05) is 31.2 Å². The maximum Gasteiger partial charge on any atom is 0.186 e. The number of allylic oxidation sites excluding steroid dienone is 1. The fourth-order valence-electron chi connectivity index (χ4n) is 2.33. The summed E-state index contributed by atoms with van der Waals surface area (Å²) in [5, 5.41) is 18.9. The normalized spacial score (nSPS) is 13.9. The van der Waals surface area contributed by atoms with Crippen molar-refractivity contribution in [3.8, 4) is 23.4 Å². The predicted octanol–water partition coefficient (Wildman–Crippen LogP) is 3.08. The van der Waals surface area contributed by atoms with Gasteiger partial charge in [0.2, 0.25) is 0 Å². The van der Waals surface area contributed by atoms with Crippen molar-refractivity contribution < 1.29 is 4.74 Å². The van der Waals surface area contributed by atoms with E-state index in [1.807, 2.05) is 42.5 Å². The SMILES string of the molecule is N#CC(C#N)=Cc1sc(N2CCOCC2)nc1-c1ccccc1. The number of benzene rings is 1. The Bertz CT molecular complexity index is 776. The molecule has 5 nitrogen and oxygen atoms in total. The highest BCUT2D eigenvalue weighted by Crippen LogP contribution is 2.35. The van der Waals surface area contributed by atoms with E-state index < -0.39 is 0 Å². The lowest BCUT2D eigenvalue weighted by Gasteiger charge is -2.26. The van der Waals surface area contributed by atoms with Crippen molar-refractivity contribution in [3.05, 3.63) is 40.8 Å². The number of thiazole rings is 1. The van der Waals surface area contributed by atoms with Gasteiger partial charge < -0.3 is 9.64 Å². The van der Waals surface area contributed by atoms with Crippen molar-refractivity contribution in [1.82, 2.24) is 4.98 Å². The number of nitrogens with zero attached hydrogens (tertiary/aromatic N) is 4. The maximum absolute atomic E-state index is 9.02. The molecule has 2 heterocycles. The lowest BCUT2D eigenvalue weighted by atomic mass is 10.1. The minimum absolute atomic E-state index is 0.0827. The third-order valence-electron chi connectivity index (χ3n) is 3.49. The second-order valence-electron chi connectivity index (χ2n) is 4.96.